The molecule has 0 radical (unpaired) electrons. The van der Waals surface area contributed by atoms with Crippen molar-refractivity contribution < 1.29 is 13.6 Å². The molecule has 0 bridgehead atoms. The zero-order chi connectivity index (χ0) is 10.9. The van der Waals surface area contributed by atoms with Gasteiger partial charge in [-0.2, -0.15) is 8.78 Å². The molecule has 1 heterocycles. The maximum Gasteiger partial charge on any atom is 0.315 e. The van der Waals surface area contributed by atoms with Crippen LogP contribution in [0.3, 0.4) is 0 Å². The van der Waals surface area contributed by atoms with Gasteiger partial charge >= 0.3 is 6.43 Å². The third kappa shape index (κ3) is 2.42. The van der Waals surface area contributed by atoms with Crippen LogP contribution in [0.15, 0.2) is 0 Å². The second-order valence-corrected chi connectivity index (χ2v) is 4.94. The van der Waals surface area contributed by atoms with Crippen molar-refractivity contribution in [3.05, 3.63) is 0 Å². The van der Waals surface area contributed by atoms with E-state index in [0.29, 0.717) is 19.0 Å². The predicted octanol–water partition coefficient (Wildman–Crippen LogP) is 2.15. The Balaban J connectivity index is 2.54. The Morgan fingerprint density at radius 3 is 2.36 bits per heavy atom. The molecule has 1 rings (SSSR count). The number of hydrogen-bond donors (Lipinski definition) is 0. The summed E-state index contributed by atoms with van der Waals surface area (Å²) in [6.45, 7) is 7.19. The Labute approximate surface area is 83.3 Å². The van der Waals surface area contributed by atoms with Gasteiger partial charge in [0.1, 0.15) is 0 Å². The van der Waals surface area contributed by atoms with Crippen molar-refractivity contribution in [3.63, 3.8) is 0 Å². The van der Waals surface area contributed by atoms with Gasteiger partial charge in [-0.05, 0) is 17.8 Å². The molecule has 0 aromatic carbocycles. The number of hydrogen-bond acceptors (Lipinski definition) is 1. The van der Waals surface area contributed by atoms with Crippen LogP contribution >= 0.6 is 0 Å². The smallest absolute Gasteiger partial charge is 0.315 e. The van der Waals surface area contributed by atoms with Crippen LogP contribution in [0, 0.1) is 11.3 Å². The largest absolute Gasteiger partial charge is 0.337 e. The number of halogens is 2. The van der Waals surface area contributed by atoms with Gasteiger partial charge in [-0.3, -0.25) is 4.79 Å². The van der Waals surface area contributed by atoms with E-state index in [9.17, 15) is 13.6 Å². The molecule has 0 N–H and O–H groups in total. The van der Waals surface area contributed by atoms with Crippen molar-refractivity contribution in [1.29, 1.82) is 0 Å². The van der Waals surface area contributed by atoms with E-state index in [1.54, 1.807) is 0 Å². The molecule has 0 aromatic heterocycles. The van der Waals surface area contributed by atoms with E-state index in [0.717, 1.165) is 6.42 Å². The van der Waals surface area contributed by atoms with Gasteiger partial charge in [-0.15, -0.1) is 0 Å². The molecule has 2 nitrogen and oxygen atoms in total. The molecular weight excluding hydrogens is 188 g/mol. The summed E-state index contributed by atoms with van der Waals surface area (Å²) in [6, 6.07) is 0. The number of amides is 1. The lowest BCUT2D eigenvalue weighted by Crippen LogP contribution is -2.35. The minimum absolute atomic E-state index is 0.0944. The van der Waals surface area contributed by atoms with E-state index in [-0.39, 0.29) is 5.41 Å². The van der Waals surface area contributed by atoms with Crippen LogP contribution in [0.25, 0.3) is 0 Å². The van der Waals surface area contributed by atoms with Crippen LogP contribution in [-0.4, -0.2) is 30.3 Å². The van der Waals surface area contributed by atoms with Crippen LogP contribution < -0.4 is 0 Å². The third-order valence-electron chi connectivity index (χ3n) is 2.91. The number of carbonyl (C=O) groups excluding carboxylic acids is 1. The van der Waals surface area contributed by atoms with E-state index < -0.39 is 12.3 Å². The molecule has 0 aromatic rings. The molecule has 1 aliphatic rings. The number of alkyl halides is 2. The van der Waals surface area contributed by atoms with Gasteiger partial charge in [0.05, 0.1) is 0 Å². The minimum Gasteiger partial charge on any atom is -0.337 e. The summed E-state index contributed by atoms with van der Waals surface area (Å²) < 4.78 is 24.2. The molecule has 82 valence electrons. The molecule has 4 heteroatoms. The van der Waals surface area contributed by atoms with Gasteiger partial charge in [0.15, 0.2) is 0 Å². The SMILES string of the molecule is CC(C)(C)C1CCN(C(=O)C(F)F)C1. The van der Waals surface area contributed by atoms with Crippen molar-refractivity contribution in [2.24, 2.45) is 11.3 Å². The zero-order valence-electron chi connectivity index (χ0n) is 8.89. The molecular formula is C10H17F2NO. The molecule has 0 saturated carbocycles. The molecule has 14 heavy (non-hydrogen) atoms. The quantitative estimate of drug-likeness (QED) is 0.642. The summed E-state index contributed by atoms with van der Waals surface area (Å²) in [5.41, 5.74) is 0.0944. The Morgan fingerprint density at radius 1 is 1.43 bits per heavy atom. The van der Waals surface area contributed by atoms with Crippen molar-refractivity contribution >= 4 is 5.91 Å². The fraction of sp³-hybridized carbons (Fsp3) is 0.900. The highest BCUT2D eigenvalue weighted by Crippen LogP contribution is 2.33. The standard InChI is InChI=1S/C10H17F2NO/c1-10(2,3)7-4-5-13(6-7)9(14)8(11)12/h7-8H,4-6H2,1-3H3. The first kappa shape index (κ1) is 11.4. The van der Waals surface area contributed by atoms with Gasteiger partial charge in [-0.1, -0.05) is 20.8 Å². The summed E-state index contributed by atoms with van der Waals surface area (Å²) in [4.78, 5) is 12.3. The van der Waals surface area contributed by atoms with Gasteiger partial charge in [0, 0.05) is 13.1 Å². The lowest BCUT2D eigenvalue weighted by atomic mass is 9.80. The molecule has 0 aliphatic carbocycles. The molecule has 1 saturated heterocycles. The molecule has 0 spiro atoms. The topological polar surface area (TPSA) is 20.3 Å². The van der Waals surface area contributed by atoms with Gasteiger partial charge < -0.3 is 4.90 Å². The number of carbonyl (C=O) groups is 1. The first-order chi connectivity index (χ1) is 6.32. The van der Waals surface area contributed by atoms with Crippen LogP contribution in [-0.2, 0) is 4.79 Å². The second-order valence-electron chi connectivity index (χ2n) is 4.94. The maximum atomic E-state index is 12.1. The minimum atomic E-state index is -2.85. The first-order valence-corrected chi connectivity index (χ1v) is 4.89. The van der Waals surface area contributed by atoms with Gasteiger partial charge in [0.2, 0.25) is 0 Å². The van der Waals surface area contributed by atoms with E-state index in [1.807, 2.05) is 0 Å². The van der Waals surface area contributed by atoms with Crippen LogP contribution in [0.2, 0.25) is 0 Å². The number of rotatable bonds is 1. The summed E-state index contributed by atoms with van der Waals surface area (Å²) in [7, 11) is 0. The Morgan fingerprint density at radius 2 is 2.00 bits per heavy atom. The maximum absolute atomic E-state index is 12.1. The zero-order valence-corrected chi connectivity index (χ0v) is 8.89. The van der Waals surface area contributed by atoms with E-state index >= 15 is 0 Å². The summed E-state index contributed by atoms with van der Waals surface area (Å²) in [5, 5.41) is 0. The van der Waals surface area contributed by atoms with Crippen LogP contribution in [0.5, 0.6) is 0 Å². The lowest BCUT2D eigenvalue weighted by molar-refractivity contribution is -0.141. The molecule has 1 fully saturated rings. The van der Waals surface area contributed by atoms with E-state index in [2.05, 4.69) is 20.8 Å². The normalized spacial score (nSPS) is 23.3. The van der Waals surface area contributed by atoms with Crippen molar-refractivity contribution in [2.45, 2.75) is 33.6 Å². The Bertz CT molecular complexity index is 223. The summed E-state index contributed by atoms with van der Waals surface area (Å²) in [6.07, 6.45) is -2.02. The monoisotopic (exact) mass is 205 g/mol. The van der Waals surface area contributed by atoms with Crippen molar-refractivity contribution in [2.75, 3.05) is 13.1 Å². The average Bonchev–Trinajstić information content (AvgIpc) is 2.49. The van der Waals surface area contributed by atoms with E-state index in [4.69, 9.17) is 0 Å². The Kier molecular flexibility index (Phi) is 3.12. The summed E-state index contributed by atoms with van der Waals surface area (Å²) >= 11 is 0. The highest BCUT2D eigenvalue weighted by Gasteiger charge is 2.36. The fourth-order valence-electron chi connectivity index (χ4n) is 1.81. The van der Waals surface area contributed by atoms with E-state index in [1.165, 1.54) is 4.90 Å². The molecule has 1 atom stereocenters. The fourth-order valence-corrected chi connectivity index (χ4v) is 1.81. The third-order valence-corrected chi connectivity index (χ3v) is 2.91. The molecule has 1 amide bonds. The molecule has 1 aliphatic heterocycles. The first-order valence-electron chi connectivity index (χ1n) is 4.89. The predicted molar refractivity (Wildman–Crippen MR) is 50.1 cm³/mol. The van der Waals surface area contributed by atoms with Crippen LogP contribution in [0.1, 0.15) is 27.2 Å². The summed E-state index contributed by atoms with van der Waals surface area (Å²) in [5.74, 6) is -0.679. The van der Waals surface area contributed by atoms with Crippen LogP contribution in [0.4, 0.5) is 8.78 Å². The highest BCUT2D eigenvalue weighted by atomic mass is 19.3. The Hall–Kier alpha value is -0.670. The van der Waals surface area contributed by atoms with Crippen molar-refractivity contribution in [3.8, 4) is 0 Å². The molecule has 1 unspecified atom stereocenters. The van der Waals surface area contributed by atoms with Crippen molar-refractivity contribution in [1.82, 2.24) is 4.90 Å². The lowest BCUT2D eigenvalue weighted by Gasteiger charge is -2.26. The number of likely N-dealkylation sites (tertiary alicyclic amines) is 1. The second kappa shape index (κ2) is 3.83. The van der Waals surface area contributed by atoms with Gasteiger partial charge in [0.25, 0.3) is 5.91 Å². The number of nitrogens with zero attached hydrogens (tertiary/aromatic N) is 1. The average molecular weight is 205 g/mol. The highest BCUT2D eigenvalue weighted by molar-refractivity contribution is 5.79. The van der Waals surface area contributed by atoms with Gasteiger partial charge in [-0.25, -0.2) is 0 Å².